The van der Waals surface area contributed by atoms with Crippen molar-refractivity contribution in [3.8, 4) is 5.88 Å². The highest BCUT2D eigenvalue weighted by molar-refractivity contribution is 7.86. The van der Waals surface area contributed by atoms with Gasteiger partial charge >= 0.3 is 6.18 Å². The molecule has 1 aromatic heterocycles. The van der Waals surface area contributed by atoms with Crippen LogP contribution < -0.4 is 10.5 Å². The van der Waals surface area contributed by atoms with Crippen LogP contribution in [0.3, 0.4) is 0 Å². The molecular weight excluding hydrogens is 272 g/mol. The van der Waals surface area contributed by atoms with E-state index in [9.17, 15) is 13.2 Å². The van der Waals surface area contributed by atoms with Gasteiger partial charge in [-0.25, -0.2) is 4.98 Å². The van der Waals surface area contributed by atoms with Crippen LogP contribution in [0.5, 0.6) is 5.88 Å². The molecule has 0 aliphatic carbocycles. The number of nitrogen functional groups attached to an aromatic ring is 1. The van der Waals surface area contributed by atoms with Crippen LogP contribution in [0.4, 0.5) is 18.9 Å². The first-order chi connectivity index (χ1) is 7.70. The minimum atomic E-state index is -4.56. The number of aromatic nitrogens is 1. The molecule has 2 unspecified atom stereocenters. The van der Waals surface area contributed by atoms with Gasteiger partial charge in [-0.1, -0.05) is 0 Å². The molecule has 0 fully saturated rings. The minimum absolute atomic E-state index is 0.0744. The molecule has 0 saturated heterocycles. The highest BCUT2D eigenvalue weighted by Crippen LogP contribution is 2.31. The molecule has 0 radical (unpaired) electrons. The molecular formula is C8H10BF3N2OS2. The first-order valence-electron chi connectivity index (χ1n) is 4.57. The molecule has 0 aliphatic heterocycles. The van der Waals surface area contributed by atoms with Gasteiger partial charge in [-0.15, -0.1) is 12.6 Å². The van der Waals surface area contributed by atoms with E-state index in [1.807, 2.05) is 0 Å². The summed E-state index contributed by atoms with van der Waals surface area (Å²) in [6.07, 6.45) is -4.56. The van der Waals surface area contributed by atoms with Gasteiger partial charge in [-0.2, -0.15) is 25.8 Å². The maximum atomic E-state index is 12.4. The SMILES string of the molecule is BC(S)C(S)Oc1cc(N)cc(C(F)(F)F)n1. The number of anilines is 1. The minimum Gasteiger partial charge on any atom is -0.463 e. The van der Waals surface area contributed by atoms with Gasteiger partial charge in [0.1, 0.15) is 13.3 Å². The van der Waals surface area contributed by atoms with E-state index in [1.165, 1.54) is 6.07 Å². The Morgan fingerprint density at radius 3 is 2.41 bits per heavy atom. The second-order valence-corrected chi connectivity index (χ2v) is 4.69. The van der Waals surface area contributed by atoms with Gasteiger partial charge in [0.15, 0.2) is 5.69 Å². The van der Waals surface area contributed by atoms with E-state index in [-0.39, 0.29) is 16.7 Å². The van der Waals surface area contributed by atoms with Gasteiger partial charge in [0.2, 0.25) is 5.88 Å². The Morgan fingerprint density at radius 2 is 1.94 bits per heavy atom. The first-order valence-corrected chi connectivity index (χ1v) is 5.61. The van der Waals surface area contributed by atoms with Crippen LogP contribution >= 0.6 is 25.3 Å². The zero-order chi connectivity index (χ0) is 13.2. The van der Waals surface area contributed by atoms with Crippen LogP contribution in [0, 0.1) is 0 Å². The fraction of sp³-hybridized carbons (Fsp3) is 0.375. The lowest BCUT2D eigenvalue weighted by Gasteiger charge is -2.17. The summed E-state index contributed by atoms with van der Waals surface area (Å²) in [5.41, 5.74) is 3.50. The maximum absolute atomic E-state index is 12.4. The van der Waals surface area contributed by atoms with Gasteiger partial charge in [0.05, 0.1) is 0 Å². The smallest absolute Gasteiger partial charge is 0.433 e. The van der Waals surface area contributed by atoms with Crippen LogP contribution in [0.2, 0.25) is 0 Å². The summed E-state index contributed by atoms with van der Waals surface area (Å²) < 4.78 is 42.4. The molecule has 1 rings (SSSR count). The molecule has 0 amide bonds. The summed E-state index contributed by atoms with van der Waals surface area (Å²) in [5, 5.41) is -0.268. The van der Waals surface area contributed by atoms with Crippen LogP contribution in [-0.2, 0) is 6.18 Å². The Hall–Kier alpha value is -0.695. The van der Waals surface area contributed by atoms with Crippen LogP contribution in [-0.4, -0.2) is 23.4 Å². The van der Waals surface area contributed by atoms with Gasteiger partial charge < -0.3 is 10.5 Å². The third kappa shape index (κ3) is 4.23. The lowest BCUT2D eigenvalue weighted by Crippen LogP contribution is -2.23. The number of nitrogens with zero attached hydrogens (tertiary/aromatic N) is 1. The van der Waals surface area contributed by atoms with E-state index >= 15 is 0 Å². The lowest BCUT2D eigenvalue weighted by molar-refractivity contribution is -0.141. The highest BCUT2D eigenvalue weighted by Gasteiger charge is 2.33. The van der Waals surface area contributed by atoms with Crippen molar-refractivity contribution in [3.05, 3.63) is 17.8 Å². The quantitative estimate of drug-likeness (QED) is 0.443. The topological polar surface area (TPSA) is 48.1 Å². The predicted molar refractivity (Wildman–Crippen MR) is 68.4 cm³/mol. The van der Waals surface area contributed by atoms with Gasteiger partial charge in [-0.05, 0) is 6.07 Å². The predicted octanol–water partition coefficient (Wildman–Crippen LogP) is 1.21. The van der Waals surface area contributed by atoms with Crippen molar-refractivity contribution < 1.29 is 17.9 Å². The number of rotatable bonds is 3. The number of ether oxygens (including phenoxy) is 1. The van der Waals surface area contributed by atoms with Crippen molar-refractivity contribution in [2.75, 3.05) is 5.73 Å². The highest BCUT2D eigenvalue weighted by atomic mass is 32.1. The fourth-order valence-electron chi connectivity index (χ4n) is 0.953. The van der Waals surface area contributed by atoms with Crippen molar-refractivity contribution in [1.82, 2.24) is 4.98 Å². The third-order valence-electron chi connectivity index (χ3n) is 1.77. The molecule has 94 valence electrons. The number of nitrogens with two attached hydrogens (primary N) is 1. The zero-order valence-corrected chi connectivity index (χ0v) is 10.6. The summed E-state index contributed by atoms with van der Waals surface area (Å²) in [5.74, 6) is -0.224. The Bertz CT molecular complexity index is 403. The first kappa shape index (κ1) is 14.4. The Labute approximate surface area is 108 Å². The van der Waals surface area contributed by atoms with Crippen molar-refractivity contribution in [2.45, 2.75) is 16.8 Å². The zero-order valence-electron chi connectivity index (χ0n) is 8.77. The van der Waals surface area contributed by atoms with E-state index < -0.39 is 17.3 Å². The summed E-state index contributed by atoms with van der Waals surface area (Å²) >= 11 is 8.07. The van der Waals surface area contributed by atoms with E-state index in [4.69, 9.17) is 10.5 Å². The molecule has 17 heavy (non-hydrogen) atoms. The molecule has 0 aliphatic rings. The van der Waals surface area contributed by atoms with Crippen molar-refractivity contribution in [1.29, 1.82) is 0 Å². The average Bonchev–Trinajstić information content (AvgIpc) is 2.15. The Morgan fingerprint density at radius 1 is 1.35 bits per heavy atom. The number of hydrogen-bond donors (Lipinski definition) is 3. The number of thiol groups is 2. The second kappa shape index (κ2) is 5.30. The van der Waals surface area contributed by atoms with Gasteiger partial charge in [-0.3, -0.25) is 0 Å². The number of halogens is 3. The molecule has 0 spiro atoms. The monoisotopic (exact) mass is 282 g/mol. The largest absolute Gasteiger partial charge is 0.463 e. The van der Waals surface area contributed by atoms with E-state index in [0.717, 1.165) is 6.07 Å². The number of alkyl halides is 3. The molecule has 1 heterocycles. The van der Waals surface area contributed by atoms with Gasteiger partial charge in [0, 0.05) is 16.9 Å². The molecule has 3 nitrogen and oxygen atoms in total. The molecule has 2 atom stereocenters. The molecule has 0 aromatic carbocycles. The van der Waals surface area contributed by atoms with E-state index in [0.29, 0.717) is 0 Å². The van der Waals surface area contributed by atoms with Crippen LogP contribution in [0.25, 0.3) is 0 Å². The van der Waals surface area contributed by atoms with Crippen molar-refractivity contribution >= 4 is 38.8 Å². The normalized spacial score (nSPS) is 15.4. The Kier molecular flexibility index (Phi) is 4.48. The Balaban J connectivity index is 2.98. The second-order valence-electron chi connectivity index (χ2n) is 3.37. The van der Waals surface area contributed by atoms with Crippen LogP contribution in [0.1, 0.15) is 5.69 Å². The van der Waals surface area contributed by atoms with Crippen molar-refractivity contribution in [3.63, 3.8) is 0 Å². The van der Waals surface area contributed by atoms with E-state index in [2.05, 4.69) is 30.2 Å². The maximum Gasteiger partial charge on any atom is 0.433 e. The molecule has 1 aromatic rings. The fourth-order valence-corrected chi connectivity index (χ4v) is 1.12. The lowest BCUT2D eigenvalue weighted by atomic mass is 10.1. The number of hydrogen-bond acceptors (Lipinski definition) is 5. The molecule has 9 heteroatoms. The van der Waals surface area contributed by atoms with Crippen molar-refractivity contribution in [2.24, 2.45) is 0 Å². The summed E-state index contributed by atoms with van der Waals surface area (Å²) in [6.45, 7) is 0. The summed E-state index contributed by atoms with van der Waals surface area (Å²) in [6, 6.07) is 1.94. The van der Waals surface area contributed by atoms with E-state index in [1.54, 1.807) is 7.85 Å². The molecule has 0 bridgehead atoms. The number of pyridine rings is 1. The average molecular weight is 282 g/mol. The van der Waals surface area contributed by atoms with Crippen LogP contribution in [0.15, 0.2) is 12.1 Å². The summed E-state index contributed by atoms with van der Waals surface area (Å²) in [7, 11) is 1.69. The van der Waals surface area contributed by atoms with Gasteiger partial charge in [0.25, 0.3) is 0 Å². The third-order valence-corrected chi connectivity index (χ3v) is 2.83. The molecule has 0 saturated carbocycles. The standard InChI is InChI=1S/C8H10BF3N2OS2/c9-6(16)7(17)15-5-2-3(13)1-4(14-5)8(10,11)12/h1-2,6-7,16-17H,9H2,(H2,13,14). The molecule has 2 N–H and O–H groups in total. The summed E-state index contributed by atoms with van der Waals surface area (Å²) in [4.78, 5) is 3.32.